The van der Waals surface area contributed by atoms with Crippen molar-refractivity contribution in [3.63, 3.8) is 0 Å². The summed E-state index contributed by atoms with van der Waals surface area (Å²) in [5, 5.41) is 11.0. The third-order valence-corrected chi connectivity index (χ3v) is 20.3. The van der Waals surface area contributed by atoms with Crippen LogP contribution in [0.4, 0.5) is 11.4 Å². The Hall–Kier alpha value is -6.40. The molecule has 2 nitrogen and oxygen atoms in total. The summed E-state index contributed by atoms with van der Waals surface area (Å²) in [7, 11) is 0.848. The van der Waals surface area contributed by atoms with Crippen LogP contribution in [0, 0.1) is 0 Å². The van der Waals surface area contributed by atoms with Crippen LogP contribution < -0.4 is 15.6 Å². The van der Waals surface area contributed by atoms with Gasteiger partial charge in [-0.2, -0.15) is 0 Å². The van der Waals surface area contributed by atoms with E-state index >= 15 is 0 Å². The number of hydrogen-bond acceptors (Lipinski definition) is 3. The molecule has 0 amide bonds. The van der Waals surface area contributed by atoms with Gasteiger partial charge in [-0.25, -0.2) is 0 Å². The van der Waals surface area contributed by atoms with Gasteiger partial charge in [0.1, 0.15) is 0 Å². The summed E-state index contributed by atoms with van der Waals surface area (Å²) in [5.74, 6) is 0. The van der Waals surface area contributed by atoms with Crippen LogP contribution in [0.3, 0.4) is 0 Å². The molecule has 0 fully saturated rings. The van der Waals surface area contributed by atoms with E-state index in [9.17, 15) is 0 Å². The molecule has 14 rings (SSSR count). The predicted molar refractivity (Wildman–Crippen MR) is 326 cm³/mol. The first-order chi connectivity index (χ1) is 35.2. The molecule has 366 valence electrons. The normalized spacial score (nSPS) is 16.2. The lowest BCUT2D eigenvalue weighted by molar-refractivity contribution is 0.331. The minimum Gasteiger partial charge on any atom is -0.355 e. The Morgan fingerprint density at radius 1 is 0.527 bits per heavy atom. The molecular weight excluding hydrogens is 932 g/mol. The maximum absolute atomic E-state index is 4.18. The van der Waals surface area contributed by atoms with E-state index in [1.54, 1.807) is 0 Å². The van der Waals surface area contributed by atoms with Gasteiger partial charge in [-0.1, -0.05) is 162 Å². The summed E-state index contributed by atoms with van der Waals surface area (Å²) in [6.45, 7) is 28.9. The van der Waals surface area contributed by atoms with Gasteiger partial charge in [0, 0.05) is 63.4 Å². The average Bonchev–Trinajstić information content (AvgIpc) is 4.09. The van der Waals surface area contributed by atoms with Crippen molar-refractivity contribution in [1.29, 1.82) is 0 Å². The number of nitrogens with one attached hydrogen (secondary N) is 1. The van der Waals surface area contributed by atoms with Gasteiger partial charge < -0.3 is 9.88 Å². The molecule has 5 heteroatoms. The van der Waals surface area contributed by atoms with Gasteiger partial charge in [0.15, 0.2) is 0 Å². The summed E-state index contributed by atoms with van der Waals surface area (Å²) in [6, 6.07) is 54.4. The van der Waals surface area contributed by atoms with Crippen LogP contribution in [0.2, 0.25) is 0 Å². The molecule has 1 aliphatic heterocycles. The zero-order valence-electron chi connectivity index (χ0n) is 45.2. The second-order valence-electron chi connectivity index (χ2n) is 26.1. The van der Waals surface area contributed by atoms with E-state index < -0.39 is 0 Å². The Morgan fingerprint density at radius 2 is 1.16 bits per heavy atom. The molecule has 2 aliphatic carbocycles. The lowest BCUT2D eigenvalue weighted by Crippen LogP contribution is -2.35. The van der Waals surface area contributed by atoms with E-state index in [1.165, 1.54) is 148 Å². The first-order valence-electron chi connectivity index (χ1n) is 27.0. The molecular formula is C69H65BN2S2. The van der Waals surface area contributed by atoms with Crippen LogP contribution in [-0.4, -0.2) is 11.8 Å². The highest BCUT2D eigenvalue weighted by molar-refractivity contribution is 7.29. The number of aromatic nitrogens is 1. The molecule has 1 N–H and O–H groups in total. The van der Waals surface area contributed by atoms with Gasteiger partial charge in [-0.15, -0.1) is 22.7 Å². The van der Waals surface area contributed by atoms with Gasteiger partial charge in [0.25, 0.3) is 0 Å². The molecule has 8 aromatic carbocycles. The summed E-state index contributed by atoms with van der Waals surface area (Å²) in [4.78, 5) is 0. The average molecular weight is 997 g/mol. The van der Waals surface area contributed by atoms with Crippen LogP contribution in [0.1, 0.15) is 129 Å². The highest BCUT2D eigenvalue weighted by Crippen LogP contribution is 2.58. The fourth-order valence-electron chi connectivity index (χ4n) is 13.5. The molecule has 11 aromatic rings. The van der Waals surface area contributed by atoms with Crippen LogP contribution in [0.5, 0.6) is 0 Å². The fourth-order valence-corrected chi connectivity index (χ4v) is 16.0. The van der Waals surface area contributed by atoms with Crippen LogP contribution in [-0.2, 0) is 27.1 Å². The van der Waals surface area contributed by atoms with Crippen LogP contribution in [0.15, 0.2) is 140 Å². The van der Waals surface area contributed by atoms with E-state index in [1.807, 2.05) is 22.7 Å². The van der Waals surface area contributed by atoms with E-state index in [0.29, 0.717) is 0 Å². The molecule has 3 aromatic heterocycles. The van der Waals surface area contributed by atoms with Crippen molar-refractivity contribution in [2.75, 3.05) is 5.32 Å². The standard InChI is InChI=1S/C69H65BN2S2/c1-65(2,3)40-23-26-42(27-24-40)71-53-36-45-44-34-51-52(68(9,10)31-30-67(51,7)8)37-50(44)69(11,12)49(45)35-46(53)57-58-43-20-16-17-21-55(43)73-63(58)59-47-33-41(66(4,5)6)25-28-54(47)72-61-48-32-39(38-18-14-13-15-19-38)22-29-56(48)74-64(61)70-60(57)62(59)72/h13-29,32-37,70-71H,30-31H2,1-12H3. The van der Waals surface area contributed by atoms with Crippen molar-refractivity contribution in [2.24, 2.45) is 0 Å². The van der Waals surface area contributed by atoms with Gasteiger partial charge >= 0.3 is 0 Å². The Kier molecular flexibility index (Phi) is 9.58. The highest BCUT2D eigenvalue weighted by Gasteiger charge is 2.44. The second kappa shape index (κ2) is 15.4. The van der Waals surface area contributed by atoms with Crippen molar-refractivity contribution < 1.29 is 0 Å². The van der Waals surface area contributed by atoms with Crippen molar-refractivity contribution in [2.45, 2.75) is 123 Å². The van der Waals surface area contributed by atoms with Crippen molar-refractivity contribution >= 4 is 104 Å². The Balaban J connectivity index is 1.12. The quantitative estimate of drug-likeness (QED) is 0.174. The van der Waals surface area contributed by atoms with Crippen LogP contribution >= 0.6 is 22.7 Å². The topological polar surface area (TPSA) is 17.0 Å². The van der Waals surface area contributed by atoms with E-state index in [4.69, 9.17) is 0 Å². The lowest BCUT2D eigenvalue weighted by atomic mass is 9.62. The molecule has 0 radical (unpaired) electrons. The molecule has 0 atom stereocenters. The first kappa shape index (κ1) is 46.2. The minimum absolute atomic E-state index is 0.0130. The smallest absolute Gasteiger partial charge is 0.211 e. The second-order valence-corrected chi connectivity index (χ2v) is 28.2. The third-order valence-electron chi connectivity index (χ3n) is 18.0. The molecule has 74 heavy (non-hydrogen) atoms. The number of nitrogens with zero attached hydrogens (tertiary/aromatic N) is 1. The molecule has 0 unspecified atom stereocenters. The first-order valence-corrected chi connectivity index (χ1v) is 28.6. The Morgan fingerprint density at radius 3 is 1.89 bits per heavy atom. The SMILES string of the molecule is CC(C)(C)c1ccc(Nc2cc3c(cc2-c2c4c5c(c6cc(C(C)(C)C)ccc6n5-c5c(sc6ccc(-c7ccccc7)cc56)B4)c4sc5ccccc5c24)C(C)(C)c2cc4c(cc2-3)C(C)(C)CCC4(C)C)cc1. The summed E-state index contributed by atoms with van der Waals surface area (Å²) >= 11 is 3.97. The van der Waals surface area contributed by atoms with Gasteiger partial charge in [0.2, 0.25) is 7.28 Å². The number of thiophene rings is 2. The van der Waals surface area contributed by atoms with Crippen molar-refractivity contribution in [3.05, 3.63) is 173 Å². The molecule has 3 aliphatic rings. The number of rotatable bonds is 4. The fraction of sp³-hybridized carbons (Fsp3) is 0.275. The number of hydrogen-bond donors (Lipinski definition) is 1. The van der Waals surface area contributed by atoms with Crippen molar-refractivity contribution in [3.8, 4) is 39.1 Å². The van der Waals surface area contributed by atoms with Gasteiger partial charge in [-0.05, 0) is 167 Å². The molecule has 0 spiro atoms. The van der Waals surface area contributed by atoms with Gasteiger partial charge in [-0.3, -0.25) is 0 Å². The summed E-state index contributed by atoms with van der Waals surface area (Å²) in [5.41, 5.74) is 24.3. The summed E-state index contributed by atoms with van der Waals surface area (Å²) < 4.78 is 8.19. The Bertz CT molecular complexity index is 4220. The Labute approximate surface area is 445 Å². The molecule has 0 saturated carbocycles. The maximum Gasteiger partial charge on any atom is 0.211 e. The van der Waals surface area contributed by atoms with E-state index in [-0.39, 0.29) is 27.1 Å². The molecule has 4 heterocycles. The zero-order chi connectivity index (χ0) is 51.2. The predicted octanol–water partition coefficient (Wildman–Crippen LogP) is 18.4. The van der Waals surface area contributed by atoms with E-state index in [0.717, 1.165) is 18.7 Å². The monoisotopic (exact) mass is 996 g/mol. The summed E-state index contributed by atoms with van der Waals surface area (Å²) in [6.07, 6.45) is 2.39. The molecule has 0 bridgehead atoms. The van der Waals surface area contributed by atoms with Crippen molar-refractivity contribution in [1.82, 2.24) is 4.57 Å². The largest absolute Gasteiger partial charge is 0.355 e. The zero-order valence-corrected chi connectivity index (χ0v) is 46.8. The number of fused-ring (bicyclic) bond motifs is 15. The van der Waals surface area contributed by atoms with E-state index in [2.05, 4.69) is 232 Å². The van der Waals surface area contributed by atoms with Crippen LogP contribution in [0.25, 0.3) is 91.1 Å². The number of benzene rings is 8. The minimum atomic E-state index is -0.219. The highest BCUT2D eigenvalue weighted by atomic mass is 32.1. The third kappa shape index (κ3) is 6.61. The number of anilines is 2. The van der Waals surface area contributed by atoms with Gasteiger partial charge in [0.05, 0.1) is 16.7 Å². The maximum atomic E-state index is 4.18. The lowest BCUT2D eigenvalue weighted by Gasteiger charge is -2.42. The molecule has 0 saturated heterocycles.